The van der Waals surface area contributed by atoms with Crippen LogP contribution in [0.4, 0.5) is 11.5 Å². The molecular weight excluding hydrogens is 378 g/mol. The third kappa shape index (κ3) is 5.05. The van der Waals surface area contributed by atoms with Gasteiger partial charge >= 0.3 is 0 Å². The molecule has 4 rings (SSSR count). The smallest absolute Gasteiger partial charge is 0.134 e. The largest absolute Gasteiger partial charge is 0.384 e. The predicted molar refractivity (Wildman–Crippen MR) is 133 cm³/mol. The number of aromatic nitrogens is 1. The maximum atomic E-state index is 5.14. The van der Waals surface area contributed by atoms with Gasteiger partial charge in [-0.2, -0.15) is 0 Å². The van der Waals surface area contributed by atoms with Gasteiger partial charge in [0.15, 0.2) is 0 Å². The fourth-order valence-electron chi connectivity index (χ4n) is 3.95. The summed E-state index contributed by atoms with van der Waals surface area (Å²) in [5.41, 5.74) is 5.99. The molecule has 0 radical (unpaired) electrons. The predicted octanol–water partition coefficient (Wildman–Crippen LogP) is 6.82. The molecule has 3 nitrogen and oxygen atoms in total. The van der Waals surface area contributed by atoms with Gasteiger partial charge in [-0.05, 0) is 30.0 Å². The van der Waals surface area contributed by atoms with Crippen LogP contribution in [-0.4, -0.2) is 11.5 Å². The average molecular weight is 410 g/mol. The lowest BCUT2D eigenvalue weighted by Crippen LogP contribution is -2.25. The van der Waals surface area contributed by atoms with E-state index in [2.05, 4.69) is 116 Å². The van der Waals surface area contributed by atoms with Crippen molar-refractivity contribution in [3.05, 3.63) is 102 Å². The van der Waals surface area contributed by atoms with Crippen LogP contribution in [-0.2, 0) is 13.1 Å². The van der Waals surface area contributed by atoms with Gasteiger partial charge in [-0.25, -0.2) is 4.98 Å². The van der Waals surface area contributed by atoms with Crippen LogP contribution in [0.5, 0.6) is 0 Å². The van der Waals surface area contributed by atoms with Crippen molar-refractivity contribution in [1.29, 1.82) is 0 Å². The van der Waals surface area contributed by atoms with Crippen molar-refractivity contribution in [2.75, 3.05) is 16.8 Å². The molecule has 1 heterocycles. The number of nitrogens with one attached hydrogen (secondary N) is 1. The zero-order chi connectivity index (χ0) is 21.6. The maximum Gasteiger partial charge on any atom is 0.134 e. The van der Waals surface area contributed by atoms with Gasteiger partial charge < -0.3 is 10.2 Å². The lowest BCUT2D eigenvalue weighted by atomic mass is 10.1. The van der Waals surface area contributed by atoms with Crippen molar-refractivity contribution >= 4 is 22.4 Å². The number of benzene rings is 3. The number of pyridine rings is 1. The fraction of sp³-hybridized carbons (Fsp3) is 0.250. The highest BCUT2D eigenvalue weighted by Gasteiger charge is 2.18. The molecule has 0 spiro atoms. The first-order valence-corrected chi connectivity index (χ1v) is 11.1. The third-order valence-electron chi connectivity index (χ3n) is 5.53. The summed E-state index contributed by atoms with van der Waals surface area (Å²) in [4.78, 5) is 7.54. The molecule has 0 saturated heterocycles. The summed E-state index contributed by atoms with van der Waals surface area (Å²) in [6.07, 6.45) is 0. The van der Waals surface area contributed by atoms with Crippen LogP contribution in [0.2, 0.25) is 0 Å². The van der Waals surface area contributed by atoms with Gasteiger partial charge in [0.2, 0.25) is 0 Å². The fourth-order valence-corrected chi connectivity index (χ4v) is 3.95. The van der Waals surface area contributed by atoms with Crippen molar-refractivity contribution in [3.8, 4) is 0 Å². The van der Waals surface area contributed by atoms with E-state index in [0.29, 0.717) is 5.92 Å². The lowest BCUT2D eigenvalue weighted by molar-refractivity contribution is 0.688. The summed E-state index contributed by atoms with van der Waals surface area (Å²) < 4.78 is 0. The molecule has 4 aromatic rings. The van der Waals surface area contributed by atoms with E-state index in [9.17, 15) is 0 Å². The van der Waals surface area contributed by atoms with Crippen molar-refractivity contribution in [2.24, 2.45) is 5.92 Å². The highest BCUT2D eigenvalue weighted by Crippen LogP contribution is 2.34. The summed E-state index contributed by atoms with van der Waals surface area (Å²) in [6, 6.07) is 29.7. The maximum absolute atomic E-state index is 5.14. The first-order chi connectivity index (χ1) is 15.1. The molecule has 0 unspecified atom stereocenters. The van der Waals surface area contributed by atoms with E-state index in [4.69, 9.17) is 4.98 Å². The summed E-state index contributed by atoms with van der Waals surface area (Å²) >= 11 is 0. The van der Waals surface area contributed by atoms with Gasteiger partial charge in [0, 0.05) is 30.6 Å². The number of anilines is 2. The van der Waals surface area contributed by atoms with Crippen LogP contribution in [0.1, 0.15) is 30.5 Å². The van der Waals surface area contributed by atoms with E-state index in [1.165, 1.54) is 27.8 Å². The van der Waals surface area contributed by atoms with Gasteiger partial charge in [0.25, 0.3) is 0 Å². The monoisotopic (exact) mass is 409 g/mol. The number of rotatable bonds is 8. The molecule has 0 aliphatic rings. The molecule has 3 heteroatoms. The molecule has 1 aromatic heterocycles. The van der Waals surface area contributed by atoms with Crippen molar-refractivity contribution in [1.82, 2.24) is 4.98 Å². The molecule has 1 N–H and O–H groups in total. The van der Waals surface area contributed by atoms with E-state index < -0.39 is 0 Å². The highest BCUT2D eigenvalue weighted by molar-refractivity contribution is 5.95. The quantitative estimate of drug-likeness (QED) is 0.346. The Morgan fingerprint density at radius 2 is 1.32 bits per heavy atom. The van der Waals surface area contributed by atoms with E-state index in [-0.39, 0.29) is 0 Å². The van der Waals surface area contributed by atoms with Gasteiger partial charge in [0.1, 0.15) is 5.82 Å². The van der Waals surface area contributed by atoms with Gasteiger partial charge in [-0.1, -0.05) is 92.7 Å². The first kappa shape index (κ1) is 20.9. The van der Waals surface area contributed by atoms with Crippen molar-refractivity contribution in [3.63, 3.8) is 0 Å². The summed E-state index contributed by atoms with van der Waals surface area (Å²) in [5, 5.41) is 4.90. The molecule has 31 heavy (non-hydrogen) atoms. The topological polar surface area (TPSA) is 28.2 Å². The Bertz CT molecular complexity index is 1080. The van der Waals surface area contributed by atoms with E-state index in [1.54, 1.807) is 0 Å². The number of hydrogen-bond acceptors (Lipinski definition) is 3. The van der Waals surface area contributed by atoms with Crippen molar-refractivity contribution < 1.29 is 0 Å². The molecule has 0 saturated carbocycles. The van der Waals surface area contributed by atoms with Crippen LogP contribution in [0.25, 0.3) is 10.9 Å². The molecular formula is C28H31N3. The molecule has 3 aromatic carbocycles. The molecule has 0 fully saturated rings. The van der Waals surface area contributed by atoms with Gasteiger partial charge in [-0.3, -0.25) is 0 Å². The molecule has 0 bridgehead atoms. The Labute approximate surface area is 185 Å². The molecule has 0 amide bonds. The summed E-state index contributed by atoms with van der Waals surface area (Å²) in [5.74, 6) is 1.61. The Hall–Kier alpha value is -3.33. The minimum absolute atomic E-state index is 0.569. The number of para-hydroxylation sites is 1. The zero-order valence-electron chi connectivity index (χ0n) is 18.7. The number of nitrogens with zero attached hydrogens (tertiary/aromatic N) is 2. The lowest BCUT2D eigenvalue weighted by Gasteiger charge is -2.28. The molecule has 0 atom stereocenters. The Morgan fingerprint density at radius 1 is 0.774 bits per heavy atom. The normalized spacial score (nSPS) is 11.1. The SMILES string of the molecule is Cc1c(N(Cc2ccccc2)Cc2ccccc2)nc2ccccc2c1NCC(C)C. The van der Waals surface area contributed by atoms with E-state index in [0.717, 1.165) is 31.0 Å². The Morgan fingerprint density at radius 3 is 1.90 bits per heavy atom. The first-order valence-electron chi connectivity index (χ1n) is 11.1. The minimum Gasteiger partial charge on any atom is -0.384 e. The van der Waals surface area contributed by atoms with Crippen LogP contribution < -0.4 is 10.2 Å². The van der Waals surface area contributed by atoms with Gasteiger partial charge in [-0.15, -0.1) is 0 Å². The van der Waals surface area contributed by atoms with Crippen molar-refractivity contribution in [2.45, 2.75) is 33.9 Å². The van der Waals surface area contributed by atoms with E-state index >= 15 is 0 Å². The van der Waals surface area contributed by atoms with Crippen LogP contribution in [0, 0.1) is 12.8 Å². The number of hydrogen-bond donors (Lipinski definition) is 1. The van der Waals surface area contributed by atoms with E-state index in [1.807, 2.05) is 0 Å². The number of fused-ring (bicyclic) bond motifs is 1. The second-order valence-corrected chi connectivity index (χ2v) is 8.55. The average Bonchev–Trinajstić information content (AvgIpc) is 2.79. The zero-order valence-corrected chi connectivity index (χ0v) is 18.7. The highest BCUT2D eigenvalue weighted by atomic mass is 15.2. The van der Waals surface area contributed by atoms with Crippen LogP contribution in [0.15, 0.2) is 84.9 Å². The second-order valence-electron chi connectivity index (χ2n) is 8.55. The standard InChI is InChI=1S/C28H31N3/c1-21(2)18-29-27-22(3)28(30-26-17-11-10-16-25(26)27)31(19-23-12-6-4-7-13-23)20-24-14-8-5-9-15-24/h4-17,21H,18-20H2,1-3H3,(H,29,30). The second kappa shape index (κ2) is 9.65. The van der Waals surface area contributed by atoms with Gasteiger partial charge in [0.05, 0.1) is 11.2 Å². The van der Waals surface area contributed by atoms with Crippen LogP contribution in [0.3, 0.4) is 0 Å². The minimum atomic E-state index is 0.569. The molecule has 0 aliphatic carbocycles. The summed E-state index contributed by atoms with van der Waals surface area (Å²) in [6.45, 7) is 9.23. The Balaban J connectivity index is 1.80. The molecule has 158 valence electrons. The van der Waals surface area contributed by atoms with Crippen LogP contribution >= 0.6 is 0 Å². The third-order valence-corrected chi connectivity index (χ3v) is 5.53. The Kier molecular flexibility index (Phi) is 6.51. The summed E-state index contributed by atoms with van der Waals surface area (Å²) in [7, 11) is 0. The molecule has 0 aliphatic heterocycles.